The van der Waals surface area contributed by atoms with E-state index in [1.807, 2.05) is 24.3 Å². The number of benzene rings is 4. The van der Waals surface area contributed by atoms with Crippen LogP contribution in [-0.2, 0) is 20.4 Å². The zero-order valence-electron chi connectivity index (χ0n) is 27.6. The van der Waals surface area contributed by atoms with Gasteiger partial charge in [0.1, 0.15) is 0 Å². The van der Waals surface area contributed by atoms with Gasteiger partial charge in [0.05, 0.1) is 21.9 Å². The molecule has 0 fully saturated rings. The maximum absolute atomic E-state index is 13.9. The van der Waals surface area contributed by atoms with Crippen molar-refractivity contribution in [3.63, 3.8) is 0 Å². The lowest BCUT2D eigenvalue weighted by molar-refractivity contribution is -0.440. The van der Waals surface area contributed by atoms with Crippen molar-refractivity contribution >= 4 is 56.8 Å². The van der Waals surface area contributed by atoms with Crippen LogP contribution in [-0.4, -0.2) is 42.0 Å². The van der Waals surface area contributed by atoms with Crippen LogP contribution in [0.4, 0.5) is 11.4 Å². The van der Waals surface area contributed by atoms with Crippen LogP contribution in [0.3, 0.4) is 0 Å². The predicted octanol–water partition coefficient (Wildman–Crippen LogP) is 5.14. The van der Waals surface area contributed by atoms with E-state index in [9.17, 15) is 14.4 Å². The Hall–Kier alpha value is -5.10. The highest BCUT2D eigenvalue weighted by molar-refractivity contribution is 6.17. The van der Waals surface area contributed by atoms with Crippen molar-refractivity contribution in [3.8, 4) is 0 Å². The van der Waals surface area contributed by atoms with Gasteiger partial charge in [-0.1, -0.05) is 75.0 Å². The highest BCUT2D eigenvalue weighted by Crippen LogP contribution is 2.49. The Bertz CT molecular complexity index is 2340. The molecule has 1 unspecified atom stereocenters. The minimum absolute atomic E-state index is 0.131. The molecule has 5 aromatic carbocycles. The molecule has 0 saturated carbocycles. The Labute approximate surface area is 273 Å². The molecule has 7 rings (SSSR count). The lowest BCUT2D eigenvalue weighted by Gasteiger charge is -2.31. The Morgan fingerprint density at radius 2 is 1.49 bits per heavy atom. The molecule has 47 heavy (non-hydrogen) atoms. The number of anilines is 1. The minimum atomic E-state index is -0.527. The molecule has 2 aliphatic heterocycles. The molecule has 0 amide bonds. The molecule has 6 heteroatoms. The molecule has 2 aliphatic rings. The predicted molar refractivity (Wildman–Crippen MR) is 191 cm³/mol. The number of hydrogen-bond donors (Lipinski definition) is 0. The monoisotopic (exact) mass is 623 g/mol. The summed E-state index contributed by atoms with van der Waals surface area (Å²) in [5, 5.41) is 5.03. The number of hydrogen-bond acceptors (Lipinski definition) is 5. The van der Waals surface area contributed by atoms with Gasteiger partial charge >= 0.3 is 5.97 Å². The Morgan fingerprint density at radius 3 is 2.13 bits per heavy atom. The van der Waals surface area contributed by atoms with Gasteiger partial charge < -0.3 is 9.64 Å². The second-order valence-corrected chi connectivity index (χ2v) is 13.6. The van der Waals surface area contributed by atoms with E-state index in [1.54, 1.807) is 6.08 Å². The first-order valence-corrected chi connectivity index (χ1v) is 16.3. The maximum atomic E-state index is 13.9. The van der Waals surface area contributed by atoms with E-state index in [2.05, 4.69) is 105 Å². The number of rotatable bonds is 7. The molecule has 0 bridgehead atoms. The van der Waals surface area contributed by atoms with Crippen LogP contribution in [0, 0.1) is 0 Å². The molecule has 0 N–H and O–H groups in total. The van der Waals surface area contributed by atoms with Crippen LogP contribution < -0.4 is 26.2 Å². The van der Waals surface area contributed by atoms with Gasteiger partial charge in [0.2, 0.25) is 16.5 Å². The largest absolute Gasteiger partial charge is 0.456 e. The summed E-state index contributed by atoms with van der Waals surface area (Å²) in [7, 11) is 0. The van der Waals surface area contributed by atoms with Crippen LogP contribution in [0.2, 0.25) is 0 Å². The van der Waals surface area contributed by atoms with Crippen LogP contribution in [0.1, 0.15) is 45.7 Å². The summed E-state index contributed by atoms with van der Waals surface area (Å²) >= 11 is 0. The summed E-state index contributed by atoms with van der Waals surface area (Å²) in [6.07, 6.45) is 4.82. The molecular formula is C41H39N2O4+. The summed E-state index contributed by atoms with van der Waals surface area (Å²) in [5.41, 5.74) is 3.98. The summed E-state index contributed by atoms with van der Waals surface area (Å²) in [5.74, 6) is -0.493. The van der Waals surface area contributed by atoms with Gasteiger partial charge in [-0.05, 0) is 66.1 Å². The molecule has 0 radical (unpaired) electrons. The van der Waals surface area contributed by atoms with Gasteiger partial charge in [-0.3, -0.25) is 9.59 Å². The summed E-state index contributed by atoms with van der Waals surface area (Å²) in [6, 6.07) is 24.9. The normalized spacial score (nSPS) is 17.6. The van der Waals surface area contributed by atoms with Crippen LogP contribution in [0.25, 0.3) is 33.7 Å². The van der Waals surface area contributed by atoms with E-state index >= 15 is 0 Å². The fraction of sp³-hybridized carbons (Fsp3) is 0.268. The number of likely N-dealkylation sites (N-methyl/N-ethyl adjacent to an activating group) is 1. The third-order valence-corrected chi connectivity index (χ3v) is 10.3. The first kappa shape index (κ1) is 30.5. The smallest absolute Gasteiger partial charge is 0.330 e. The number of ether oxygens (including phenoxy) is 1. The molecule has 5 aromatic rings. The molecule has 0 spiro atoms. The third-order valence-electron chi connectivity index (χ3n) is 10.3. The van der Waals surface area contributed by atoms with E-state index < -0.39 is 11.4 Å². The molecular weight excluding hydrogens is 584 g/mol. The fourth-order valence-corrected chi connectivity index (χ4v) is 8.07. The van der Waals surface area contributed by atoms with Crippen LogP contribution in [0.5, 0.6) is 0 Å². The Morgan fingerprint density at radius 1 is 0.872 bits per heavy atom. The SMILES string of the molecule is C=CC(=O)OCC[N+]1=C(C=c2c(=O)c(=CC3N(CC)c4ccc5ccccc5c4C3(C)C)c2=O)C(C)(C)c2c1ccc1ccccc21. The fourth-order valence-electron chi connectivity index (χ4n) is 8.07. The minimum Gasteiger partial charge on any atom is -0.456 e. The van der Waals surface area contributed by atoms with Crippen molar-refractivity contribution in [3.05, 3.63) is 127 Å². The summed E-state index contributed by atoms with van der Waals surface area (Å²) in [4.78, 5) is 42.0. The van der Waals surface area contributed by atoms with Crippen molar-refractivity contribution in [2.45, 2.75) is 51.5 Å². The highest BCUT2D eigenvalue weighted by Gasteiger charge is 2.47. The van der Waals surface area contributed by atoms with E-state index in [0.29, 0.717) is 6.54 Å². The molecule has 0 aliphatic carbocycles. The Kier molecular flexibility index (Phi) is 7.16. The standard InChI is InChI=1S/C41H39N2O4/c1-7-35(44)47-22-21-43-32-20-18-26-14-10-12-16-28(26)37(32)41(5,6)34(43)24-30-38(45)29(39(30)46)23-33-40(3,4)36-27-15-11-9-13-25(27)17-19-31(36)42(33)8-2/h7,9-20,23-24,33H,1,8,21-22H2,2-6H3/q+1. The zero-order valence-corrected chi connectivity index (χ0v) is 27.6. The second kappa shape index (κ2) is 11.0. The van der Waals surface area contributed by atoms with Crippen molar-refractivity contribution in [2.75, 3.05) is 24.6 Å². The average molecular weight is 624 g/mol. The maximum Gasteiger partial charge on any atom is 0.330 e. The van der Waals surface area contributed by atoms with Gasteiger partial charge in [-0.15, -0.1) is 0 Å². The first-order valence-electron chi connectivity index (χ1n) is 16.3. The molecule has 236 valence electrons. The van der Waals surface area contributed by atoms with E-state index in [0.717, 1.165) is 46.0 Å². The first-order chi connectivity index (χ1) is 22.5. The number of fused-ring (bicyclic) bond motifs is 6. The lowest BCUT2D eigenvalue weighted by atomic mass is 9.77. The van der Waals surface area contributed by atoms with E-state index in [-0.39, 0.29) is 39.4 Å². The second-order valence-electron chi connectivity index (χ2n) is 13.6. The van der Waals surface area contributed by atoms with Gasteiger partial charge in [0.15, 0.2) is 18.9 Å². The molecule has 0 saturated heterocycles. The van der Waals surface area contributed by atoms with Crippen LogP contribution in [0.15, 0.2) is 95.0 Å². The molecule has 2 heterocycles. The average Bonchev–Trinajstić information content (AvgIpc) is 3.43. The zero-order chi connectivity index (χ0) is 33.2. The quantitative estimate of drug-likeness (QED) is 0.143. The van der Waals surface area contributed by atoms with E-state index in [1.165, 1.54) is 16.3 Å². The van der Waals surface area contributed by atoms with E-state index in [4.69, 9.17) is 4.74 Å². The van der Waals surface area contributed by atoms with Gasteiger partial charge in [-0.25, -0.2) is 4.79 Å². The van der Waals surface area contributed by atoms with Crippen molar-refractivity contribution in [1.29, 1.82) is 0 Å². The lowest BCUT2D eigenvalue weighted by Crippen LogP contribution is -2.66. The molecule has 1 atom stereocenters. The van der Waals surface area contributed by atoms with Crippen molar-refractivity contribution in [1.82, 2.24) is 0 Å². The summed E-state index contributed by atoms with van der Waals surface area (Å²) in [6.45, 7) is 15.5. The topological polar surface area (TPSA) is 66.7 Å². The third kappa shape index (κ3) is 4.53. The highest BCUT2D eigenvalue weighted by atomic mass is 16.5. The molecule has 0 aromatic heterocycles. The molecule has 6 nitrogen and oxygen atoms in total. The number of nitrogens with zero attached hydrogens (tertiary/aromatic N) is 2. The van der Waals surface area contributed by atoms with Gasteiger partial charge in [0, 0.05) is 41.4 Å². The van der Waals surface area contributed by atoms with Gasteiger partial charge in [0.25, 0.3) is 0 Å². The number of esters is 1. The Balaban J connectivity index is 1.35. The van der Waals surface area contributed by atoms with Crippen LogP contribution >= 0.6 is 0 Å². The van der Waals surface area contributed by atoms with Gasteiger partial charge in [-0.2, -0.15) is 4.58 Å². The van der Waals surface area contributed by atoms with Crippen molar-refractivity contribution in [2.24, 2.45) is 0 Å². The van der Waals surface area contributed by atoms with Crippen molar-refractivity contribution < 1.29 is 14.1 Å². The summed E-state index contributed by atoms with van der Waals surface area (Å²) < 4.78 is 7.44. The number of carbonyl (C=O) groups is 1. The number of carbonyl (C=O) groups excluding carboxylic acids is 1.